The molecule has 0 aromatic heterocycles. The van der Waals surface area contributed by atoms with E-state index in [9.17, 15) is 9.90 Å². The number of benzene rings is 1. The van der Waals surface area contributed by atoms with Crippen molar-refractivity contribution >= 4 is 11.7 Å². The van der Waals surface area contributed by atoms with Gasteiger partial charge in [0.25, 0.3) is 0 Å². The van der Waals surface area contributed by atoms with E-state index in [1.165, 1.54) is 12.7 Å². The Labute approximate surface area is 164 Å². The Morgan fingerprint density at radius 1 is 1.39 bits per heavy atom. The fourth-order valence-electron chi connectivity index (χ4n) is 8.01. The monoisotopic (exact) mass is 382 g/mol. The van der Waals surface area contributed by atoms with Gasteiger partial charge in [-0.1, -0.05) is 29.8 Å². The van der Waals surface area contributed by atoms with Crippen LogP contribution in [0.15, 0.2) is 35.9 Å². The number of hydrogen-bond acceptors (Lipinski definition) is 6. The van der Waals surface area contributed by atoms with Crippen LogP contribution in [0, 0.1) is 11.3 Å². The Hall–Kier alpha value is -1.89. The van der Waals surface area contributed by atoms with Crippen LogP contribution in [0.2, 0.25) is 0 Å². The number of aliphatic hydroxyl groups is 1. The molecule has 0 radical (unpaired) electrons. The van der Waals surface area contributed by atoms with Crippen molar-refractivity contribution in [2.24, 2.45) is 11.3 Å². The third-order valence-corrected chi connectivity index (χ3v) is 8.66. The summed E-state index contributed by atoms with van der Waals surface area (Å²) < 4.78 is 11.7. The number of likely N-dealkylation sites (N-methyl/N-ethyl adjacent to an activating group) is 1. The average molecular weight is 382 g/mol. The number of aliphatic hydroxyl groups excluding tert-OH is 1. The van der Waals surface area contributed by atoms with E-state index in [0.717, 1.165) is 37.2 Å². The molecule has 5 saturated heterocycles. The number of rotatable bonds is 1. The second-order valence-electron chi connectivity index (χ2n) is 8.87. The van der Waals surface area contributed by atoms with E-state index in [-0.39, 0.29) is 18.0 Å². The van der Waals surface area contributed by atoms with Crippen LogP contribution in [0.25, 0.3) is 0 Å². The fraction of sp³-hybridized carbons (Fsp3) is 0.591. The summed E-state index contributed by atoms with van der Waals surface area (Å²) in [7, 11) is 3.56. The number of carbonyl (C=O) groups excluding carboxylic acids is 1. The molecule has 6 bridgehead atoms. The largest absolute Gasteiger partial charge is 0.468 e. The van der Waals surface area contributed by atoms with Gasteiger partial charge in [0.05, 0.1) is 18.6 Å². The third kappa shape index (κ3) is 1.31. The molecule has 1 aliphatic carbocycles. The van der Waals surface area contributed by atoms with Crippen molar-refractivity contribution in [2.45, 2.75) is 43.2 Å². The molecule has 6 heterocycles. The summed E-state index contributed by atoms with van der Waals surface area (Å²) in [4.78, 5) is 18.5. The summed E-state index contributed by atoms with van der Waals surface area (Å²) in [6.45, 7) is 3.71. The zero-order valence-corrected chi connectivity index (χ0v) is 16.5. The van der Waals surface area contributed by atoms with Gasteiger partial charge in [0.1, 0.15) is 11.1 Å². The highest BCUT2D eigenvalue weighted by atomic mass is 16.6. The number of nitrogens with zero attached hydrogens (tertiary/aromatic N) is 2. The maximum Gasteiger partial charge on any atom is 0.318 e. The van der Waals surface area contributed by atoms with Crippen molar-refractivity contribution in [2.75, 3.05) is 32.1 Å². The van der Waals surface area contributed by atoms with E-state index < -0.39 is 22.8 Å². The maximum absolute atomic E-state index is 13.7. The van der Waals surface area contributed by atoms with Crippen molar-refractivity contribution < 1.29 is 19.4 Å². The Balaban J connectivity index is 1.80. The van der Waals surface area contributed by atoms with E-state index in [4.69, 9.17) is 9.47 Å². The molecule has 2 unspecified atom stereocenters. The lowest BCUT2D eigenvalue weighted by molar-refractivity contribution is -0.331. The van der Waals surface area contributed by atoms with Gasteiger partial charge in [-0.15, -0.1) is 0 Å². The molecule has 0 amide bonds. The molecule has 6 heteroatoms. The van der Waals surface area contributed by atoms with Gasteiger partial charge in [0.15, 0.2) is 6.29 Å². The van der Waals surface area contributed by atoms with Gasteiger partial charge in [0, 0.05) is 31.7 Å². The lowest BCUT2D eigenvalue weighted by atomic mass is 9.43. The first kappa shape index (κ1) is 17.0. The molecule has 7 aliphatic rings. The van der Waals surface area contributed by atoms with E-state index >= 15 is 0 Å². The first-order chi connectivity index (χ1) is 13.5. The number of carbonyl (C=O) groups is 1. The third-order valence-electron chi connectivity index (χ3n) is 8.66. The van der Waals surface area contributed by atoms with Crippen molar-refractivity contribution in [3.63, 3.8) is 0 Å². The molecule has 148 valence electrons. The molecular weight excluding hydrogens is 356 g/mol. The molecule has 1 spiro atoms. The number of para-hydroxylation sites is 1. The second kappa shape index (κ2) is 4.99. The Morgan fingerprint density at radius 3 is 2.93 bits per heavy atom. The fourth-order valence-corrected chi connectivity index (χ4v) is 8.01. The summed E-state index contributed by atoms with van der Waals surface area (Å²) >= 11 is 0. The van der Waals surface area contributed by atoms with Gasteiger partial charge >= 0.3 is 5.97 Å². The highest BCUT2D eigenvalue weighted by Gasteiger charge is 2.89. The summed E-state index contributed by atoms with van der Waals surface area (Å²) in [6, 6.07) is 8.37. The molecular formula is C22H26N2O4. The van der Waals surface area contributed by atoms with Crippen LogP contribution in [0.1, 0.15) is 25.3 Å². The summed E-state index contributed by atoms with van der Waals surface area (Å²) in [6.07, 6.45) is 2.33. The predicted octanol–water partition coefficient (Wildman–Crippen LogP) is 1.63. The smallest absolute Gasteiger partial charge is 0.318 e. The Morgan fingerprint density at radius 2 is 2.18 bits per heavy atom. The Kier molecular flexibility index (Phi) is 3.03. The normalized spacial score (nSPS) is 48.6. The van der Waals surface area contributed by atoms with Crippen molar-refractivity contribution in [1.29, 1.82) is 0 Å². The van der Waals surface area contributed by atoms with Crippen LogP contribution in [0.4, 0.5) is 5.69 Å². The standard InChI is InChI=1S/C22H26N2O4/c1-4-13-12-24-10-9-20-14-7-5-6-8-16(14)23(2)22(20,24)17-11-15(13)21(20,18(25)27-3)19(26)28-17/h4-8,15,17,19,26H,9-12H2,1-3H3/b13-4-/t15-,17+,19+,20-,21?,22-/m0/s1. The molecule has 7 atom stereocenters. The maximum atomic E-state index is 13.7. The van der Waals surface area contributed by atoms with Crippen LogP contribution >= 0.6 is 0 Å². The highest BCUT2D eigenvalue weighted by Crippen LogP contribution is 2.77. The minimum absolute atomic E-state index is 0.0864. The van der Waals surface area contributed by atoms with Gasteiger partial charge in [-0.2, -0.15) is 0 Å². The lowest BCUT2D eigenvalue weighted by Crippen LogP contribution is -2.83. The highest BCUT2D eigenvalue weighted by molar-refractivity contribution is 5.87. The van der Waals surface area contributed by atoms with Gasteiger partial charge in [-0.3, -0.25) is 9.69 Å². The zero-order chi connectivity index (χ0) is 19.5. The van der Waals surface area contributed by atoms with Gasteiger partial charge in [-0.05, 0) is 31.4 Å². The average Bonchev–Trinajstić information content (AvgIpc) is 3.11. The number of ether oxygens (including phenoxy) is 2. The van der Waals surface area contributed by atoms with E-state index in [1.54, 1.807) is 0 Å². The Bertz CT molecular complexity index is 931. The van der Waals surface area contributed by atoms with Gasteiger partial charge < -0.3 is 19.5 Å². The van der Waals surface area contributed by atoms with Gasteiger partial charge in [0.2, 0.25) is 0 Å². The van der Waals surface area contributed by atoms with Crippen LogP contribution in [0.3, 0.4) is 0 Å². The molecule has 28 heavy (non-hydrogen) atoms. The van der Waals surface area contributed by atoms with Crippen LogP contribution in [-0.4, -0.2) is 61.3 Å². The molecule has 6 fully saturated rings. The quantitative estimate of drug-likeness (QED) is 0.589. The first-order valence-electron chi connectivity index (χ1n) is 10.2. The lowest BCUT2D eigenvalue weighted by Gasteiger charge is -2.67. The number of allylic oxidation sites excluding steroid dienone is 1. The molecule has 1 aromatic carbocycles. The zero-order valence-electron chi connectivity index (χ0n) is 16.5. The number of anilines is 1. The molecule has 1 saturated carbocycles. The topological polar surface area (TPSA) is 62.2 Å². The van der Waals surface area contributed by atoms with Crippen LogP contribution in [0.5, 0.6) is 0 Å². The second-order valence-corrected chi connectivity index (χ2v) is 8.87. The van der Waals surface area contributed by atoms with E-state index in [2.05, 4.69) is 35.1 Å². The van der Waals surface area contributed by atoms with E-state index in [0.29, 0.717) is 0 Å². The summed E-state index contributed by atoms with van der Waals surface area (Å²) in [5.41, 5.74) is 1.31. The number of methoxy groups -OCH3 is 1. The summed E-state index contributed by atoms with van der Waals surface area (Å²) in [5.74, 6) is -0.433. The number of hydrogen-bond donors (Lipinski definition) is 1. The molecule has 6 aliphatic heterocycles. The van der Waals surface area contributed by atoms with E-state index in [1.807, 2.05) is 19.1 Å². The van der Waals surface area contributed by atoms with Crippen LogP contribution in [-0.2, 0) is 19.7 Å². The minimum atomic E-state index is -1.18. The molecule has 1 aromatic rings. The summed E-state index contributed by atoms with van der Waals surface area (Å²) in [5, 5.41) is 11.4. The number of esters is 1. The number of fused-ring (bicyclic) bond motifs is 3. The molecule has 1 N–H and O–H groups in total. The van der Waals surface area contributed by atoms with Crippen LogP contribution < -0.4 is 4.90 Å². The molecule has 8 rings (SSSR count). The SMILES string of the molecule is C/C=C1/CN2CC[C@@]34c5ccccc5N(C)[C@@]23[C@H]2C[C@@H]1C4(C(=O)OC)[C@H](O)O2. The van der Waals surface area contributed by atoms with Crippen molar-refractivity contribution in [3.05, 3.63) is 41.5 Å². The van der Waals surface area contributed by atoms with Crippen molar-refractivity contribution in [1.82, 2.24) is 4.90 Å². The molecule has 6 nitrogen and oxygen atoms in total. The minimum Gasteiger partial charge on any atom is -0.468 e. The van der Waals surface area contributed by atoms with Crippen molar-refractivity contribution in [3.8, 4) is 0 Å². The first-order valence-corrected chi connectivity index (χ1v) is 10.2. The predicted molar refractivity (Wildman–Crippen MR) is 103 cm³/mol. The van der Waals surface area contributed by atoms with Gasteiger partial charge in [-0.25, -0.2) is 0 Å².